The Bertz CT molecular complexity index is 485. The van der Waals surface area contributed by atoms with Crippen molar-refractivity contribution in [1.82, 2.24) is 9.80 Å². The zero-order chi connectivity index (χ0) is 15.2. The van der Waals surface area contributed by atoms with Crippen LogP contribution in [-0.4, -0.2) is 56.0 Å². The Balaban J connectivity index is 2.20. The molecule has 1 aromatic carbocycles. The Morgan fingerprint density at radius 1 is 1.24 bits per heavy atom. The lowest BCUT2D eigenvalue weighted by atomic mass is 9.96. The van der Waals surface area contributed by atoms with Crippen LogP contribution in [0.25, 0.3) is 0 Å². The molecule has 2 rings (SSSR count). The lowest BCUT2D eigenvalue weighted by molar-refractivity contribution is 0.0744. The first-order chi connectivity index (χ1) is 10.1. The highest BCUT2D eigenvalue weighted by Gasteiger charge is 2.21. The molecule has 1 aliphatic rings. The summed E-state index contributed by atoms with van der Waals surface area (Å²) in [5.41, 5.74) is 3.21. The Hall–Kier alpha value is -1.55. The van der Waals surface area contributed by atoms with E-state index in [1.807, 2.05) is 31.1 Å². The van der Waals surface area contributed by atoms with Gasteiger partial charge in [-0.1, -0.05) is 13.0 Å². The number of anilines is 1. The van der Waals surface area contributed by atoms with Gasteiger partial charge in [-0.05, 0) is 51.1 Å². The monoisotopic (exact) mass is 289 g/mol. The van der Waals surface area contributed by atoms with Gasteiger partial charge in [0, 0.05) is 37.4 Å². The number of carbonyl (C=O) groups is 1. The average Bonchev–Trinajstić information content (AvgIpc) is 2.50. The summed E-state index contributed by atoms with van der Waals surface area (Å²) in [4.78, 5) is 17.0. The minimum Gasteiger partial charge on any atom is -0.385 e. The maximum absolute atomic E-state index is 12.9. The van der Waals surface area contributed by atoms with Crippen LogP contribution in [0.1, 0.15) is 35.7 Å². The van der Waals surface area contributed by atoms with Gasteiger partial charge < -0.3 is 15.1 Å². The third kappa shape index (κ3) is 3.97. The topological polar surface area (TPSA) is 35.6 Å². The number of likely N-dealkylation sites (N-methyl/N-ethyl adjacent to an activating group) is 1. The van der Waals surface area contributed by atoms with E-state index in [9.17, 15) is 4.79 Å². The van der Waals surface area contributed by atoms with Gasteiger partial charge in [-0.25, -0.2) is 0 Å². The summed E-state index contributed by atoms with van der Waals surface area (Å²) in [5.74, 6) is 0.180. The van der Waals surface area contributed by atoms with Gasteiger partial charge in [0.2, 0.25) is 0 Å². The lowest BCUT2D eigenvalue weighted by Gasteiger charge is -2.27. The van der Waals surface area contributed by atoms with Crippen molar-refractivity contribution in [1.29, 1.82) is 0 Å². The summed E-state index contributed by atoms with van der Waals surface area (Å²) < 4.78 is 0. The van der Waals surface area contributed by atoms with Crippen LogP contribution in [0.4, 0.5) is 5.69 Å². The Kier molecular flexibility index (Phi) is 5.62. The van der Waals surface area contributed by atoms with Crippen LogP contribution in [0.5, 0.6) is 0 Å². The Morgan fingerprint density at radius 3 is 2.76 bits per heavy atom. The fourth-order valence-electron chi connectivity index (χ4n) is 2.79. The molecule has 0 atom stereocenters. The summed E-state index contributed by atoms with van der Waals surface area (Å²) >= 11 is 0. The highest BCUT2D eigenvalue weighted by molar-refractivity contribution is 5.97. The SMILES string of the molecule is CCCN(CCN(C)C)C(=O)c1cccc2c1CCCN2. The highest BCUT2D eigenvalue weighted by atomic mass is 16.2. The molecule has 0 saturated heterocycles. The van der Waals surface area contributed by atoms with Crippen molar-refractivity contribution in [2.75, 3.05) is 45.6 Å². The summed E-state index contributed by atoms with van der Waals surface area (Å²) in [6.07, 6.45) is 3.09. The van der Waals surface area contributed by atoms with E-state index < -0.39 is 0 Å². The molecule has 21 heavy (non-hydrogen) atoms. The van der Waals surface area contributed by atoms with Crippen LogP contribution in [-0.2, 0) is 6.42 Å². The van der Waals surface area contributed by atoms with Crippen molar-refractivity contribution < 1.29 is 4.79 Å². The molecule has 0 aromatic heterocycles. The van der Waals surface area contributed by atoms with E-state index in [0.29, 0.717) is 0 Å². The number of fused-ring (bicyclic) bond motifs is 1. The number of hydrogen-bond donors (Lipinski definition) is 1. The molecule has 0 spiro atoms. The van der Waals surface area contributed by atoms with Crippen LogP contribution >= 0.6 is 0 Å². The minimum absolute atomic E-state index is 0.180. The molecule has 1 N–H and O–H groups in total. The van der Waals surface area contributed by atoms with Gasteiger partial charge in [0.1, 0.15) is 0 Å². The van der Waals surface area contributed by atoms with E-state index in [2.05, 4.69) is 23.2 Å². The molecule has 116 valence electrons. The smallest absolute Gasteiger partial charge is 0.254 e. The molecule has 1 heterocycles. The van der Waals surface area contributed by atoms with Gasteiger partial charge in [-0.2, -0.15) is 0 Å². The van der Waals surface area contributed by atoms with Crippen molar-refractivity contribution in [3.8, 4) is 0 Å². The van der Waals surface area contributed by atoms with E-state index in [1.165, 1.54) is 5.56 Å². The van der Waals surface area contributed by atoms with Crippen LogP contribution in [0.2, 0.25) is 0 Å². The van der Waals surface area contributed by atoms with Gasteiger partial charge in [-0.3, -0.25) is 4.79 Å². The minimum atomic E-state index is 0.180. The fraction of sp³-hybridized carbons (Fsp3) is 0.588. The fourth-order valence-corrected chi connectivity index (χ4v) is 2.79. The molecule has 0 bridgehead atoms. The maximum Gasteiger partial charge on any atom is 0.254 e. The molecule has 1 aromatic rings. The van der Waals surface area contributed by atoms with E-state index in [4.69, 9.17) is 0 Å². The summed E-state index contributed by atoms with van der Waals surface area (Å²) in [6.45, 7) is 5.64. The third-order valence-corrected chi connectivity index (χ3v) is 3.92. The first-order valence-corrected chi connectivity index (χ1v) is 7.93. The number of nitrogens with zero attached hydrogens (tertiary/aromatic N) is 2. The second-order valence-electron chi connectivity index (χ2n) is 5.96. The first-order valence-electron chi connectivity index (χ1n) is 7.93. The molecular weight excluding hydrogens is 262 g/mol. The Labute approximate surface area is 128 Å². The molecule has 4 heteroatoms. The predicted octanol–water partition coefficient (Wildman–Crippen LogP) is 2.46. The van der Waals surface area contributed by atoms with E-state index in [1.54, 1.807) is 0 Å². The van der Waals surface area contributed by atoms with Gasteiger partial charge in [-0.15, -0.1) is 0 Å². The molecule has 0 fully saturated rings. The summed E-state index contributed by atoms with van der Waals surface area (Å²) in [5, 5.41) is 3.40. The number of rotatable bonds is 6. The van der Waals surface area contributed by atoms with Crippen LogP contribution < -0.4 is 5.32 Å². The zero-order valence-corrected chi connectivity index (χ0v) is 13.5. The average molecular weight is 289 g/mol. The van der Waals surface area contributed by atoms with Gasteiger partial charge >= 0.3 is 0 Å². The van der Waals surface area contributed by atoms with E-state index >= 15 is 0 Å². The van der Waals surface area contributed by atoms with Crippen LogP contribution in [0, 0.1) is 0 Å². The molecule has 4 nitrogen and oxygen atoms in total. The quantitative estimate of drug-likeness (QED) is 0.874. The van der Waals surface area contributed by atoms with Gasteiger partial charge in [0.05, 0.1) is 0 Å². The molecule has 0 unspecified atom stereocenters. The largest absolute Gasteiger partial charge is 0.385 e. The van der Waals surface area contributed by atoms with Crippen LogP contribution in [0.15, 0.2) is 18.2 Å². The predicted molar refractivity (Wildman–Crippen MR) is 88.0 cm³/mol. The summed E-state index contributed by atoms with van der Waals surface area (Å²) in [6, 6.07) is 6.04. The van der Waals surface area contributed by atoms with Crippen molar-refractivity contribution in [2.24, 2.45) is 0 Å². The molecule has 0 aliphatic carbocycles. The number of nitrogens with one attached hydrogen (secondary N) is 1. The molecule has 1 aliphatic heterocycles. The van der Waals surface area contributed by atoms with Crippen molar-refractivity contribution in [3.05, 3.63) is 29.3 Å². The second-order valence-corrected chi connectivity index (χ2v) is 5.96. The van der Waals surface area contributed by atoms with E-state index in [-0.39, 0.29) is 5.91 Å². The van der Waals surface area contributed by atoms with Gasteiger partial charge in [0.15, 0.2) is 0 Å². The van der Waals surface area contributed by atoms with Crippen molar-refractivity contribution in [3.63, 3.8) is 0 Å². The highest BCUT2D eigenvalue weighted by Crippen LogP contribution is 2.26. The lowest BCUT2D eigenvalue weighted by Crippen LogP contribution is -2.38. The van der Waals surface area contributed by atoms with Crippen LogP contribution in [0.3, 0.4) is 0 Å². The Morgan fingerprint density at radius 2 is 2.05 bits per heavy atom. The normalized spacial score (nSPS) is 13.7. The number of amides is 1. The third-order valence-electron chi connectivity index (χ3n) is 3.92. The molecule has 1 amide bonds. The van der Waals surface area contributed by atoms with Crippen molar-refractivity contribution in [2.45, 2.75) is 26.2 Å². The molecule has 0 saturated carbocycles. The molecular formula is C17H27N3O. The second kappa shape index (κ2) is 7.46. The number of carbonyl (C=O) groups excluding carboxylic acids is 1. The zero-order valence-electron chi connectivity index (χ0n) is 13.5. The summed E-state index contributed by atoms with van der Waals surface area (Å²) in [7, 11) is 4.09. The van der Waals surface area contributed by atoms with Crippen molar-refractivity contribution >= 4 is 11.6 Å². The van der Waals surface area contributed by atoms with Gasteiger partial charge in [0.25, 0.3) is 5.91 Å². The number of benzene rings is 1. The number of hydrogen-bond acceptors (Lipinski definition) is 3. The maximum atomic E-state index is 12.9. The van der Waals surface area contributed by atoms with E-state index in [0.717, 1.165) is 56.7 Å². The first kappa shape index (κ1) is 15.8. The standard InChI is InChI=1S/C17H27N3O/c1-4-11-20(13-12-19(2)3)17(21)15-7-5-9-16-14(15)8-6-10-18-16/h5,7,9,18H,4,6,8,10-13H2,1-3H3. The molecule has 0 radical (unpaired) electrons.